The van der Waals surface area contributed by atoms with Crippen molar-refractivity contribution in [2.45, 2.75) is 33.6 Å². The van der Waals surface area contributed by atoms with E-state index in [1.54, 1.807) is 0 Å². The number of nitrogens with one attached hydrogen (secondary N) is 1. The highest BCUT2D eigenvalue weighted by Crippen LogP contribution is 2.21. The molecule has 1 aromatic carbocycles. The van der Waals surface area contributed by atoms with E-state index in [0.29, 0.717) is 0 Å². The van der Waals surface area contributed by atoms with E-state index in [2.05, 4.69) is 73.5 Å². The number of hydrogen-bond acceptors (Lipinski definition) is 4. The SMILES string of the molecule is CCc1nn2c(C)cc(C)nc2c1Cc1ccc(C=CCN2CCNCC2)cc1. The van der Waals surface area contributed by atoms with E-state index in [9.17, 15) is 0 Å². The molecule has 152 valence electrons. The molecule has 3 aromatic rings. The molecule has 0 amide bonds. The van der Waals surface area contributed by atoms with Gasteiger partial charge in [-0.05, 0) is 37.5 Å². The third-order valence-electron chi connectivity index (χ3n) is 5.65. The summed E-state index contributed by atoms with van der Waals surface area (Å²) in [4.78, 5) is 7.27. The maximum Gasteiger partial charge on any atom is 0.159 e. The van der Waals surface area contributed by atoms with Gasteiger partial charge in [-0.2, -0.15) is 5.10 Å². The first-order valence-electron chi connectivity index (χ1n) is 10.7. The number of aromatic nitrogens is 3. The Balaban J connectivity index is 1.49. The highest BCUT2D eigenvalue weighted by molar-refractivity contribution is 5.55. The van der Waals surface area contributed by atoms with Crippen LogP contribution in [0.3, 0.4) is 0 Å². The number of fused-ring (bicyclic) bond motifs is 1. The summed E-state index contributed by atoms with van der Waals surface area (Å²) in [5, 5.41) is 8.20. The number of hydrogen-bond donors (Lipinski definition) is 1. The number of aryl methyl sites for hydroxylation is 3. The zero-order chi connectivity index (χ0) is 20.2. The van der Waals surface area contributed by atoms with Crippen LogP contribution in [-0.4, -0.2) is 52.2 Å². The lowest BCUT2D eigenvalue weighted by atomic mass is 10.0. The molecule has 3 heterocycles. The fourth-order valence-electron chi connectivity index (χ4n) is 4.06. The van der Waals surface area contributed by atoms with E-state index < -0.39 is 0 Å². The molecule has 0 spiro atoms. The average molecular weight is 390 g/mol. The van der Waals surface area contributed by atoms with Gasteiger partial charge >= 0.3 is 0 Å². The van der Waals surface area contributed by atoms with E-state index in [1.165, 1.54) is 16.7 Å². The van der Waals surface area contributed by atoms with Crippen LogP contribution in [0, 0.1) is 13.8 Å². The van der Waals surface area contributed by atoms with E-state index in [-0.39, 0.29) is 0 Å². The molecule has 5 nitrogen and oxygen atoms in total. The highest BCUT2D eigenvalue weighted by atomic mass is 15.3. The number of rotatable bonds is 6. The van der Waals surface area contributed by atoms with Gasteiger partial charge in [0.15, 0.2) is 5.65 Å². The lowest BCUT2D eigenvalue weighted by molar-refractivity contribution is 0.265. The average Bonchev–Trinajstić information content (AvgIpc) is 3.08. The lowest BCUT2D eigenvalue weighted by Crippen LogP contribution is -2.43. The van der Waals surface area contributed by atoms with Crippen molar-refractivity contribution in [2.75, 3.05) is 32.7 Å². The second-order valence-corrected chi connectivity index (χ2v) is 7.92. The minimum atomic E-state index is 0.868. The van der Waals surface area contributed by atoms with Crippen molar-refractivity contribution in [3.8, 4) is 0 Å². The molecule has 0 radical (unpaired) electrons. The fourth-order valence-corrected chi connectivity index (χ4v) is 4.06. The molecule has 1 aliphatic rings. The minimum Gasteiger partial charge on any atom is -0.314 e. The van der Waals surface area contributed by atoms with Crippen molar-refractivity contribution < 1.29 is 0 Å². The monoisotopic (exact) mass is 389 g/mol. The number of benzene rings is 1. The molecule has 0 saturated carbocycles. The first-order chi connectivity index (χ1) is 14.1. The van der Waals surface area contributed by atoms with Crippen molar-refractivity contribution in [3.63, 3.8) is 0 Å². The van der Waals surface area contributed by atoms with Gasteiger partial charge in [-0.1, -0.05) is 43.3 Å². The summed E-state index contributed by atoms with van der Waals surface area (Å²) >= 11 is 0. The Morgan fingerprint density at radius 1 is 1.10 bits per heavy atom. The van der Waals surface area contributed by atoms with Crippen molar-refractivity contribution in [1.29, 1.82) is 0 Å². The van der Waals surface area contributed by atoms with Crippen LogP contribution in [0.5, 0.6) is 0 Å². The molecule has 0 aliphatic carbocycles. The first-order valence-corrected chi connectivity index (χ1v) is 10.7. The van der Waals surface area contributed by atoms with Crippen molar-refractivity contribution >= 4 is 11.7 Å². The van der Waals surface area contributed by atoms with E-state index >= 15 is 0 Å². The molecule has 0 unspecified atom stereocenters. The lowest BCUT2D eigenvalue weighted by Gasteiger charge is -2.25. The maximum absolute atomic E-state index is 4.80. The summed E-state index contributed by atoms with van der Waals surface area (Å²) in [6, 6.07) is 11.0. The normalized spacial score (nSPS) is 15.6. The van der Waals surface area contributed by atoms with Gasteiger partial charge in [0.2, 0.25) is 0 Å². The summed E-state index contributed by atoms with van der Waals surface area (Å²) < 4.78 is 1.99. The quantitative estimate of drug-likeness (QED) is 0.702. The van der Waals surface area contributed by atoms with E-state index in [4.69, 9.17) is 10.1 Å². The van der Waals surface area contributed by atoms with Gasteiger partial charge < -0.3 is 5.32 Å². The van der Waals surface area contributed by atoms with Crippen molar-refractivity contribution in [3.05, 3.63) is 70.2 Å². The molecule has 1 N–H and O–H groups in total. The molecule has 1 fully saturated rings. The zero-order valence-electron chi connectivity index (χ0n) is 17.8. The van der Waals surface area contributed by atoms with Crippen LogP contribution in [0.1, 0.15) is 40.7 Å². The Hall–Kier alpha value is -2.50. The van der Waals surface area contributed by atoms with Gasteiger partial charge in [-0.25, -0.2) is 9.50 Å². The van der Waals surface area contributed by atoms with E-state index in [0.717, 1.165) is 68.3 Å². The molecule has 2 aromatic heterocycles. The van der Waals surface area contributed by atoms with Crippen molar-refractivity contribution in [1.82, 2.24) is 24.8 Å². The Morgan fingerprint density at radius 2 is 1.86 bits per heavy atom. The highest BCUT2D eigenvalue weighted by Gasteiger charge is 2.15. The van der Waals surface area contributed by atoms with Crippen LogP contribution < -0.4 is 5.32 Å². The Bertz CT molecular complexity index is 994. The van der Waals surface area contributed by atoms with Gasteiger partial charge in [0, 0.05) is 56.1 Å². The predicted molar refractivity (Wildman–Crippen MR) is 119 cm³/mol. The van der Waals surface area contributed by atoms with Crippen LogP contribution in [0.4, 0.5) is 0 Å². The summed E-state index contributed by atoms with van der Waals surface area (Å²) in [5.74, 6) is 0. The van der Waals surface area contributed by atoms with Crippen LogP contribution in [0.25, 0.3) is 11.7 Å². The third-order valence-corrected chi connectivity index (χ3v) is 5.65. The topological polar surface area (TPSA) is 45.5 Å². The van der Waals surface area contributed by atoms with Gasteiger partial charge in [-0.3, -0.25) is 4.90 Å². The second kappa shape index (κ2) is 8.89. The summed E-state index contributed by atoms with van der Waals surface area (Å²) in [5.41, 5.74) is 8.13. The van der Waals surface area contributed by atoms with Gasteiger partial charge in [0.05, 0.1) is 5.69 Å². The molecular formula is C24H31N5. The standard InChI is InChI=1S/C24H31N5/c1-4-23-22(24-26-18(2)16-19(3)29(24)27-23)17-21-9-7-20(8-10-21)6-5-13-28-14-11-25-12-15-28/h5-10,16,25H,4,11-15,17H2,1-3H3. The number of piperazine rings is 1. The minimum absolute atomic E-state index is 0.868. The van der Waals surface area contributed by atoms with Crippen LogP contribution in [0.2, 0.25) is 0 Å². The summed E-state index contributed by atoms with van der Waals surface area (Å²) in [6.07, 6.45) is 6.29. The summed E-state index contributed by atoms with van der Waals surface area (Å²) in [6.45, 7) is 11.8. The molecule has 1 saturated heterocycles. The molecule has 0 atom stereocenters. The van der Waals surface area contributed by atoms with Crippen LogP contribution in [-0.2, 0) is 12.8 Å². The van der Waals surface area contributed by atoms with Gasteiger partial charge in [0.25, 0.3) is 0 Å². The smallest absolute Gasteiger partial charge is 0.159 e. The Kier molecular flexibility index (Phi) is 6.07. The predicted octanol–water partition coefficient (Wildman–Crippen LogP) is 3.42. The molecule has 4 rings (SSSR count). The number of nitrogens with zero attached hydrogens (tertiary/aromatic N) is 4. The molecular weight excluding hydrogens is 358 g/mol. The first kappa shape index (κ1) is 19.8. The largest absolute Gasteiger partial charge is 0.314 e. The molecule has 1 aliphatic heterocycles. The van der Waals surface area contributed by atoms with Crippen LogP contribution in [0.15, 0.2) is 36.4 Å². The fraction of sp³-hybridized carbons (Fsp3) is 0.417. The van der Waals surface area contributed by atoms with Gasteiger partial charge in [0.1, 0.15) is 0 Å². The molecule has 5 heteroatoms. The third kappa shape index (κ3) is 4.57. The zero-order valence-corrected chi connectivity index (χ0v) is 17.8. The maximum atomic E-state index is 4.80. The Labute approximate surface area is 173 Å². The van der Waals surface area contributed by atoms with Crippen molar-refractivity contribution in [2.24, 2.45) is 0 Å². The van der Waals surface area contributed by atoms with E-state index in [1.807, 2.05) is 4.52 Å². The molecule has 29 heavy (non-hydrogen) atoms. The summed E-state index contributed by atoms with van der Waals surface area (Å²) in [7, 11) is 0. The second-order valence-electron chi connectivity index (χ2n) is 7.92. The molecule has 0 bridgehead atoms. The van der Waals surface area contributed by atoms with Crippen LogP contribution >= 0.6 is 0 Å². The Morgan fingerprint density at radius 3 is 2.59 bits per heavy atom. The van der Waals surface area contributed by atoms with Gasteiger partial charge in [-0.15, -0.1) is 0 Å².